The summed E-state index contributed by atoms with van der Waals surface area (Å²) in [5, 5.41) is 7.39. The number of nitrogens with zero attached hydrogens (tertiary/aromatic N) is 1. The zero-order valence-corrected chi connectivity index (χ0v) is 16.2. The van der Waals surface area contributed by atoms with Crippen LogP contribution in [0.3, 0.4) is 0 Å². The van der Waals surface area contributed by atoms with Crippen molar-refractivity contribution in [3.05, 3.63) is 90.9 Å². The Balaban J connectivity index is 1.65. The molecule has 0 fully saturated rings. The fourth-order valence-electron chi connectivity index (χ4n) is 2.67. The second-order valence-electron chi connectivity index (χ2n) is 5.51. The third kappa shape index (κ3) is 3.62. The van der Waals surface area contributed by atoms with Crippen molar-refractivity contribution < 1.29 is 0 Å². The van der Waals surface area contributed by atoms with Crippen LogP contribution in [0.15, 0.2) is 71.1 Å². The summed E-state index contributed by atoms with van der Waals surface area (Å²) < 4.78 is 0. The molecule has 0 spiro atoms. The molecule has 0 aliphatic carbocycles. The summed E-state index contributed by atoms with van der Waals surface area (Å²) in [6, 6.07) is 14.2. The lowest BCUT2D eigenvalue weighted by Crippen LogP contribution is -2.33. The summed E-state index contributed by atoms with van der Waals surface area (Å²) in [6.45, 7) is 0. The van der Waals surface area contributed by atoms with Crippen molar-refractivity contribution in [1.82, 2.24) is 5.43 Å². The van der Waals surface area contributed by atoms with Crippen LogP contribution in [0.5, 0.6) is 0 Å². The van der Waals surface area contributed by atoms with E-state index in [0.717, 1.165) is 11.4 Å². The average molecular weight is 405 g/mol. The minimum atomic E-state index is 0.111. The van der Waals surface area contributed by atoms with Gasteiger partial charge in [0.25, 0.3) is 0 Å². The van der Waals surface area contributed by atoms with Gasteiger partial charge in [0, 0.05) is 9.75 Å². The number of thiophene rings is 2. The Morgan fingerprint density at radius 2 is 1.80 bits per heavy atom. The van der Waals surface area contributed by atoms with E-state index >= 15 is 0 Å². The molecule has 1 N–H and O–H groups in total. The number of hydrogen-bond acceptors (Lipinski definition) is 4. The van der Waals surface area contributed by atoms with E-state index < -0.39 is 0 Å². The van der Waals surface area contributed by atoms with E-state index in [9.17, 15) is 0 Å². The molecule has 0 amide bonds. The predicted molar refractivity (Wildman–Crippen MR) is 111 cm³/mol. The lowest BCUT2D eigenvalue weighted by atomic mass is 10.2. The molecule has 4 rings (SSSR count). The van der Waals surface area contributed by atoms with Crippen LogP contribution in [0.1, 0.15) is 15.8 Å². The number of nitrogens with one attached hydrogen (secondary N) is 1. The summed E-state index contributed by atoms with van der Waals surface area (Å²) in [6.07, 6.45) is 6.44. The highest BCUT2D eigenvalue weighted by Gasteiger charge is 2.26. The Kier molecular flexibility index (Phi) is 4.86. The van der Waals surface area contributed by atoms with Gasteiger partial charge in [0.2, 0.25) is 0 Å². The molecule has 2 nitrogen and oxygen atoms in total. The molecule has 25 heavy (non-hydrogen) atoms. The molecular weight excluding hydrogens is 391 g/mol. The fraction of sp³-hybridized carbons (Fsp3) is 0.0526. The van der Waals surface area contributed by atoms with Crippen molar-refractivity contribution in [2.75, 3.05) is 5.01 Å². The third-order valence-electron chi connectivity index (χ3n) is 3.85. The van der Waals surface area contributed by atoms with Crippen LogP contribution in [-0.2, 0) is 0 Å². The van der Waals surface area contributed by atoms with Crippen molar-refractivity contribution in [3.8, 4) is 0 Å². The van der Waals surface area contributed by atoms with Gasteiger partial charge in [-0.3, -0.25) is 10.4 Å². The van der Waals surface area contributed by atoms with Crippen LogP contribution in [0, 0.1) is 0 Å². The standard InChI is InChI=1S/C19H14Cl2N2S2/c20-16-8-6-14(12-17(16)21)23-18(19-4-2-10-25-19)11-13(22-23)5-7-15-3-1-9-24-15/h1-12,18,22H/t18-/m1/s1. The van der Waals surface area contributed by atoms with Gasteiger partial charge >= 0.3 is 0 Å². The molecular formula is C19H14Cl2N2S2. The van der Waals surface area contributed by atoms with E-state index in [1.807, 2.05) is 18.2 Å². The molecule has 1 aliphatic heterocycles. The monoisotopic (exact) mass is 404 g/mol. The topological polar surface area (TPSA) is 15.3 Å². The van der Waals surface area contributed by atoms with Gasteiger partial charge in [-0.2, -0.15) is 0 Å². The molecule has 1 aliphatic rings. The maximum absolute atomic E-state index is 6.22. The highest BCUT2D eigenvalue weighted by molar-refractivity contribution is 7.10. The summed E-state index contributed by atoms with van der Waals surface area (Å²) in [5.74, 6) is 0. The molecule has 126 valence electrons. The molecule has 1 atom stereocenters. The summed E-state index contributed by atoms with van der Waals surface area (Å²) in [4.78, 5) is 2.49. The number of benzene rings is 1. The van der Waals surface area contributed by atoms with E-state index in [1.165, 1.54) is 9.75 Å². The zero-order chi connectivity index (χ0) is 17.2. The predicted octanol–water partition coefficient (Wildman–Crippen LogP) is 6.78. The van der Waals surface area contributed by atoms with Crippen molar-refractivity contribution in [2.24, 2.45) is 0 Å². The van der Waals surface area contributed by atoms with Gasteiger partial charge in [0.1, 0.15) is 6.04 Å². The normalized spacial score (nSPS) is 17.1. The number of hydrazine groups is 1. The molecule has 6 heteroatoms. The first-order chi connectivity index (χ1) is 12.2. The molecule has 0 bridgehead atoms. The SMILES string of the molecule is Clc1ccc(N2NC(C=Cc3cccs3)=C[C@@H]2c2cccs2)cc1Cl. The lowest BCUT2D eigenvalue weighted by Gasteiger charge is -2.26. The van der Waals surface area contributed by atoms with Crippen LogP contribution in [0.4, 0.5) is 5.69 Å². The average Bonchev–Trinajstić information content (AvgIpc) is 3.36. The maximum atomic E-state index is 6.22. The largest absolute Gasteiger partial charge is 0.298 e. The molecule has 0 unspecified atom stereocenters. The second kappa shape index (κ2) is 7.26. The first-order valence-corrected chi connectivity index (χ1v) is 10.2. The van der Waals surface area contributed by atoms with Gasteiger partial charge in [-0.1, -0.05) is 35.3 Å². The quantitative estimate of drug-likeness (QED) is 0.515. The van der Waals surface area contributed by atoms with Crippen molar-refractivity contribution in [1.29, 1.82) is 0 Å². The summed E-state index contributed by atoms with van der Waals surface area (Å²) in [5.41, 5.74) is 5.50. The highest BCUT2D eigenvalue weighted by atomic mass is 35.5. The van der Waals surface area contributed by atoms with Crippen LogP contribution in [-0.4, -0.2) is 0 Å². The Labute approximate surface area is 164 Å². The summed E-state index contributed by atoms with van der Waals surface area (Å²) in [7, 11) is 0. The molecule has 0 saturated heterocycles. The van der Waals surface area contributed by atoms with Gasteiger partial charge in [-0.15, -0.1) is 22.7 Å². The Bertz CT molecular complexity index is 915. The van der Waals surface area contributed by atoms with E-state index in [-0.39, 0.29) is 6.04 Å². The number of hydrogen-bond donors (Lipinski definition) is 1. The second-order valence-corrected chi connectivity index (χ2v) is 8.28. The van der Waals surface area contributed by atoms with Crippen molar-refractivity contribution >= 4 is 57.6 Å². The van der Waals surface area contributed by atoms with Gasteiger partial charge < -0.3 is 0 Å². The summed E-state index contributed by atoms with van der Waals surface area (Å²) >= 11 is 15.7. The Morgan fingerprint density at radius 1 is 0.960 bits per heavy atom. The fourth-order valence-corrected chi connectivity index (χ4v) is 4.36. The minimum Gasteiger partial charge on any atom is -0.298 e. The van der Waals surface area contributed by atoms with Gasteiger partial charge in [0.15, 0.2) is 0 Å². The third-order valence-corrected chi connectivity index (χ3v) is 6.37. The molecule has 0 radical (unpaired) electrons. The number of allylic oxidation sites excluding steroid dienone is 1. The zero-order valence-electron chi connectivity index (χ0n) is 13.0. The van der Waals surface area contributed by atoms with E-state index in [0.29, 0.717) is 10.0 Å². The van der Waals surface area contributed by atoms with Gasteiger partial charge in [-0.25, -0.2) is 0 Å². The minimum absolute atomic E-state index is 0.111. The number of anilines is 1. The Hall–Kier alpha value is -1.72. The van der Waals surface area contributed by atoms with Crippen LogP contribution >= 0.6 is 45.9 Å². The van der Waals surface area contributed by atoms with Gasteiger partial charge in [0.05, 0.1) is 21.4 Å². The van der Waals surface area contributed by atoms with Crippen LogP contribution in [0.25, 0.3) is 6.08 Å². The van der Waals surface area contributed by atoms with E-state index in [4.69, 9.17) is 23.2 Å². The Morgan fingerprint density at radius 3 is 2.52 bits per heavy atom. The first-order valence-electron chi connectivity index (χ1n) is 7.68. The van der Waals surface area contributed by atoms with E-state index in [1.54, 1.807) is 22.7 Å². The number of halogens is 2. The first kappa shape index (κ1) is 16.7. The highest BCUT2D eigenvalue weighted by Crippen LogP contribution is 2.36. The molecule has 1 aromatic carbocycles. The van der Waals surface area contributed by atoms with Gasteiger partial charge in [-0.05, 0) is 59.3 Å². The van der Waals surface area contributed by atoms with Crippen LogP contribution in [0.2, 0.25) is 10.0 Å². The molecule has 2 aromatic heterocycles. The van der Waals surface area contributed by atoms with Crippen LogP contribution < -0.4 is 10.4 Å². The molecule has 3 heterocycles. The molecule has 3 aromatic rings. The molecule has 0 saturated carbocycles. The van der Waals surface area contributed by atoms with E-state index in [2.05, 4.69) is 63.7 Å². The van der Waals surface area contributed by atoms with Crippen molar-refractivity contribution in [3.63, 3.8) is 0 Å². The number of rotatable bonds is 4. The van der Waals surface area contributed by atoms with Crippen molar-refractivity contribution in [2.45, 2.75) is 6.04 Å². The maximum Gasteiger partial charge on any atom is 0.105 e. The smallest absolute Gasteiger partial charge is 0.105 e. The lowest BCUT2D eigenvalue weighted by molar-refractivity contribution is 0.718.